The minimum atomic E-state index is -4.45. The number of benzene rings is 1. The van der Waals surface area contributed by atoms with Gasteiger partial charge in [-0.3, -0.25) is 9.69 Å². The Labute approximate surface area is 158 Å². The van der Waals surface area contributed by atoms with Gasteiger partial charge in [0.05, 0.1) is 5.56 Å². The minimum absolute atomic E-state index is 0.0432. The largest absolute Gasteiger partial charge is 0.416 e. The van der Waals surface area contributed by atoms with E-state index in [1.807, 2.05) is 20.8 Å². The van der Waals surface area contributed by atoms with Gasteiger partial charge in [0.15, 0.2) is 0 Å². The van der Waals surface area contributed by atoms with Crippen LogP contribution in [0.1, 0.15) is 79.5 Å². The second-order valence-corrected chi connectivity index (χ2v) is 8.83. The molecular weight excluding hydrogens is 353 g/mol. The molecule has 2 heterocycles. The topological polar surface area (TPSA) is 23.6 Å². The van der Waals surface area contributed by atoms with Gasteiger partial charge in [-0.2, -0.15) is 13.2 Å². The Bertz CT molecular complexity index is 757. The summed E-state index contributed by atoms with van der Waals surface area (Å²) >= 11 is 0. The van der Waals surface area contributed by atoms with Crippen LogP contribution >= 0.6 is 0 Å². The Balaban J connectivity index is 1.67. The van der Waals surface area contributed by atoms with Gasteiger partial charge in [0, 0.05) is 24.2 Å². The number of carbonyl (C=O) groups is 1. The average Bonchev–Trinajstić information content (AvgIpc) is 3.27. The highest BCUT2D eigenvalue weighted by molar-refractivity contribution is 5.99. The summed E-state index contributed by atoms with van der Waals surface area (Å²) in [5.41, 5.74) is 0.850. The summed E-state index contributed by atoms with van der Waals surface area (Å²) < 4.78 is 41.3. The van der Waals surface area contributed by atoms with Crippen LogP contribution in [-0.4, -0.2) is 34.8 Å². The number of rotatable bonds is 3. The zero-order chi connectivity index (χ0) is 19.6. The lowest BCUT2D eigenvalue weighted by molar-refractivity contribution is -0.138. The van der Waals surface area contributed by atoms with E-state index in [0.29, 0.717) is 11.0 Å². The van der Waals surface area contributed by atoms with E-state index < -0.39 is 11.7 Å². The van der Waals surface area contributed by atoms with Crippen molar-refractivity contribution in [2.75, 3.05) is 13.1 Å². The molecule has 1 atom stereocenters. The van der Waals surface area contributed by atoms with Crippen molar-refractivity contribution in [3.8, 4) is 0 Å². The Hall–Kier alpha value is -1.56. The Morgan fingerprint density at radius 3 is 2.19 bits per heavy atom. The molecule has 0 bridgehead atoms. The van der Waals surface area contributed by atoms with Crippen LogP contribution in [0.5, 0.6) is 0 Å². The van der Waals surface area contributed by atoms with E-state index >= 15 is 0 Å². The van der Waals surface area contributed by atoms with Crippen LogP contribution in [-0.2, 0) is 12.7 Å². The quantitative estimate of drug-likeness (QED) is 0.736. The van der Waals surface area contributed by atoms with Crippen molar-refractivity contribution >= 4 is 5.91 Å². The number of nitrogens with zero attached hydrogens (tertiary/aromatic N) is 2. The third kappa shape index (κ3) is 3.26. The molecule has 3 nitrogen and oxygen atoms in total. The first-order chi connectivity index (χ1) is 12.6. The van der Waals surface area contributed by atoms with E-state index in [1.165, 1.54) is 23.8 Å². The lowest BCUT2D eigenvalue weighted by atomic mass is 9.90. The number of fused-ring (bicyclic) bond motifs is 1. The van der Waals surface area contributed by atoms with Gasteiger partial charge >= 0.3 is 6.18 Å². The second kappa shape index (κ2) is 6.23. The maximum atomic E-state index is 13.8. The van der Waals surface area contributed by atoms with Gasteiger partial charge in [-0.1, -0.05) is 0 Å². The van der Waals surface area contributed by atoms with E-state index in [-0.39, 0.29) is 35.7 Å². The maximum Gasteiger partial charge on any atom is 0.416 e. The van der Waals surface area contributed by atoms with Crippen LogP contribution in [0.2, 0.25) is 0 Å². The Morgan fingerprint density at radius 2 is 1.67 bits per heavy atom. The molecule has 1 amide bonds. The van der Waals surface area contributed by atoms with Crippen LogP contribution < -0.4 is 0 Å². The average molecular weight is 380 g/mol. The molecule has 1 aromatic rings. The number of halogens is 3. The summed E-state index contributed by atoms with van der Waals surface area (Å²) in [7, 11) is 0. The van der Waals surface area contributed by atoms with Crippen LogP contribution in [0, 0.1) is 5.41 Å². The number of amides is 1. The fourth-order valence-electron chi connectivity index (χ4n) is 4.64. The monoisotopic (exact) mass is 380 g/mol. The van der Waals surface area contributed by atoms with E-state index in [2.05, 4.69) is 4.90 Å². The van der Waals surface area contributed by atoms with Crippen molar-refractivity contribution in [3.63, 3.8) is 0 Å². The molecule has 0 radical (unpaired) electrons. The molecular formula is C21H27F3N2O. The molecule has 2 aliphatic heterocycles. The number of carbonyl (C=O) groups excluding carboxylic acids is 1. The van der Waals surface area contributed by atoms with Crippen molar-refractivity contribution in [3.05, 3.63) is 34.4 Å². The number of hydrogen-bond acceptors (Lipinski definition) is 2. The molecule has 148 valence electrons. The second-order valence-electron chi connectivity index (χ2n) is 8.83. The molecule has 0 aromatic heterocycles. The smallest absolute Gasteiger partial charge is 0.332 e. The molecule has 4 rings (SSSR count). The molecule has 2 fully saturated rings. The molecule has 6 heteroatoms. The van der Waals surface area contributed by atoms with E-state index in [0.717, 1.165) is 25.9 Å². The van der Waals surface area contributed by atoms with Gasteiger partial charge < -0.3 is 4.90 Å². The zero-order valence-electron chi connectivity index (χ0n) is 16.2. The minimum Gasteiger partial charge on any atom is -0.332 e. The molecule has 0 N–H and O–H groups in total. The third-order valence-corrected chi connectivity index (χ3v) is 6.87. The molecule has 1 spiro atoms. The van der Waals surface area contributed by atoms with Gasteiger partial charge in [-0.25, -0.2) is 0 Å². The summed E-state index contributed by atoms with van der Waals surface area (Å²) in [4.78, 5) is 16.5. The van der Waals surface area contributed by atoms with Gasteiger partial charge in [-0.15, -0.1) is 0 Å². The van der Waals surface area contributed by atoms with Gasteiger partial charge in [0.1, 0.15) is 0 Å². The zero-order valence-corrected chi connectivity index (χ0v) is 16.2. The van der Waals surface area contributed by atoms with Crippen LogP contribution in [0.15, 0.2) is 12.1 Å². The molecule has 1 aromatic carbocycles. The van der Waals surface area contributed by atoms with Crippen molar-refractivity contribution in [2.24, 2.45) is 5.41 Å². The fraction of sp³-hybridized carbons (Fsp3) is 0.667. The Morgan fingerprint density at radius 1 is 1.04 bits per heavy atom. The SMILES string of the molecule is CC(c1cc2c(c(C(F)(F)F)c1)CN(C(C)C)C2=O)N1CCC2(CC1)CC2. The first-order valence-electron chi connectivity index (χ1n) is 9.90. The van der Waals surface area contributed by atoms with Gasteiger partial charge in [0.25, 0.3) is 5.91 Å². The number of hydrogen-bond donors (Lipinski definition) is 0. The lowest BCUT2D eigenvalue weighted by Gasteiger charge is -2.36. The van der Waals surface area contributed by atoms with E-state index in [4.69, 9.17) is 0 Å². The molecule has 1 saturated carbocycles. The van der Waals surface area contributed by atoms with Crippen molar-refractivity contribution in [1.82, 2.24) is 9.80 Å². The van der Waals surface area contributed by atoms with Crippen LogP contribution in [0.4, 0.5) is 13.2 Å². The van der Waals surface area contributed by atoms with Crippen molar-refractivity contribution < 1.29 is 18.0 Å². The lowest BCUT2D eigenvalue weighted by Crippen LogP contribution is -2.36. The fourth-order valence-corrected chi connectivity index (χ4v) is 4.64. The summed E-state index contributed by atoms with van der Waals surface area (Å²) in [6, 6.07) is 2.75. The number of likely N-dealkylation sites (tertiary alicyclic amines) is 1. The van der Waals surface area contributed by atoms with Crippen LogP contribution in [0.3, 0.4) is 0 Å². The maximum absolute atomic E-state index is 13.8. The Kier molecular flexibility index (Phi) is 4.33. The van der Waals surface area contributed by atoms with E-state index in [1.54, 1.807) is 6.07 Å². The molecule has 1 saturated heterocycles. The van der Waals surface area contributed by atoms with E-state index in [9.17, 15) is 18.0 Å². The molecule has 3 aliphatic rings. The summed E-state index contributed by atoms with van der Waals surface area (Å²) in [5, 5.41) is 0. The number of alkyl halides is 3. The highest BCUT2D eigenvalue weighted by Crippen LogP contribution is 2.54. The predicted octanol–water partition coefficient (Wildman–Crippen LogP) is 5.01. The molecule has 27 heavy (non-hydrogen) atoms. The highest BCUT2D eigenvalue weighted by Gasteiger charge is 2.45. The highest BCUT2D eigenvalue weighted by atomic mass is 19.4. The number of piperidine rings is 1. The predicted molar refractivity (Wildman–Crippen MR) is 97.3 cm³/mol. The van der Waals surface area contributed by atoms with Crippen molar-refractivity contribution in [2.45, 2.75) is 71.3 Å². The van der Waals surface area contributed by atoms with Gasteiger partial charge in [-0.05, 0) is 88.2 Å². The first-order valence-corrected chi connectivity index (χ1v) is 9.90. The normalized spacial score (nSPS) is 23.2. The first kappa shape index (κ1) is 18.8. The standard InChI is InChI=1S/C21H27F3N2O/c1-13(2)26-12-17-16(19(26)27)10-15(11-18(17)21(22,23)24)14(3)25-8-6-20(4-5-20)7-9-25/h10-11,13-14H,4-9,12H2,1-3H3. The molecule has 1 aliphatic carbocycles. The van der Waals surface area contributed by atoms with Crippen molar-refractivity contribution in [1.29, 1.82) is 0 Å². The summed E-state index contributed by atoms with van der Waals surface area (Å²) in [5.74, 6) is -0.282. The van der Waals surface area contributed by atoms with Crippen LogP contribution in [0.25, 0.3) is 0 Å². The summed E-state index contributed by atoms with van der Waals surface area (Å²) in [6.45, 7) is 7.52. The third-order valence-electron chi connectivity index (χ3n) is 6.87. The molecule has 1 unspecified atom stereocenters. The van der Waals surface area contributed by atoms with Gasteiger partial charge in [0.2, 0.25) is 0 Å². The summed E-state index contributed by atoms with van der Waals surface area (Å²) in [6.07, 6.45) is 0.410.